The maximum Gasteiger partial charge on any atom is 0.119 e. The van der Waals surface area contributed by atoms with Crippen molar-refractivity contribution in [3.8, 4) is 16.9 Å². The highest BCUT2D eigenvalue weighted by atomic mass is 16.5. The maximum atomic E-state index is 6.30. The van der Waals surface area contributed by atoms with E-state index in [2.05, 4.69) is 91.0 Å². The zero-order valence-corrected chi connectivity index (χ0v) is 16.4. The van der Waals surface area contributed by atoms with E-state index in [1.807, 2.05) is 13.0 Å². The Morgan fingerprint density at radius 2 is 1.24 bits per heavy atom. The highest BCUT2D eigenvalue weighted by molar-refractivity contribution is 5.87. The third kappa shape index (κ3) is 2.56. The van der Waals surface area contributed by atoms with Gasteiger partial charge in [0.1, 0.15) is 5.75 Å². The lowest BCUT2D eigenvalue weighted by molar-refractivity contribution is 0.339. The number of ether oxygens (including phenoxy) is 1. The summed E-state index contributed by atoms with van der Waals surface area (Å²) < 4.78 is 5.89. The first-order valence-corrected chi connectivity index (χ1v) is 10.0. The van der Waals surface area contributed by atoms with Crippen molar-refractivity contribution < 1.29 is 4.74 Å². The Labute approximate surface area is 171 Å². The normalized spacial score (nSPS) is 13.6. The molecule has 0 fully saturated rings. The van der Waals surface area contributed by atoms with Crippen LogP contribution in [-0.2, 0) is 5.41 Å². The van der Waals surface area contributed by atoms with Gasteiger partial charge in [0, 0.05) is 5.69 Å². The van der Waals surface area contributed by atoms with Crippen LogP contribution in [0.25, 0.3) is 11.1 Å². The molecule has 0 bridgehead atoms. The van der Waals surface area contributed by atoms with Crippen molar-refractivity contribution in [3.05, 3.63) is 119 Å². The molecular weight excluding hydrogens is 354 g/mol. The molecule has 1 aliphatic carbocycles. The Kier molecular flexibility index (Phi) is 4.13. The van der Waals surface area contributed by atoms with Crippen LogP contribution in [0.1, 0.15) is 29.2 Å². The Hall–Kier alpha value is -3.52. The molecule has 1 aliphatic rings. The van der Waals surface area contributed by atoms with E-state index >= 15 is 0 Å². The second-order valence-corrected chi connectivity index (χ2v) is 7.43. The van der Waals surface area contributed by atoms with E-state index in [0.29, 0.717) is 6.61 Å². The molecule has 29 heavy (non-hydrogen) atoms. The minimum Gasteiger partial charge on any atom is -0.494 e. The first-order chi connectivity index (χ1) is 14.2. The SMILES string of the molecule is CCOc1ccc2c(c1)C(c1ccccc1)(c1ccccc1)c1cc(N)ccc1-2. The highest BCUT2D eigenvalue weighted by Crippen LogP contribution is 2.57. The average Bonchev–Trinajstić information content (AvgIpc) is 3.05. The van der Waals surface area contributed by atoms with E-state index in [1.54, 1.807) is 0 Å². The van der Waals surface area contributed by atoms with Crippen LogP contribution in [0.5, 0.6) is 5.75 Å². The number of rotatable bonds is 4. The van der Waals surface area contributed by atoms with Gasteiger partial charge in [-0.25, -0.2) is 0 Å². The van der Waals surface area contributed by atoms with Gasteiger partial charge in [-0.05, 0) is 64.6 Å². The van der Waals surface area contributed by atoms with E-state index in [0.717, 1.165) is 11.4 Å². The predicted octanol–water partition coefficient (Wildman–Crippen LogP) is 6.03. The Bertz CT molecular complexity index is 1130. The van der Waals surface area contributed by atoms with Crippen molar-refractivity contribution >= 4 is 5.69 Å². The van der Waals surface area contributed by atoms with Crippen molar-refractivity contribution in [2.45, 2.75) is 12.3 Å². The van der Waals surface area contributed by atoms with Gasteiger partial charge < -0.3 is 10.5 Å². The molecule has 0 unspecified atom stereocenters. The summed E-state index contributed by atoms with van der Waals surface area (Å²) in [5.41, 5.74) is 14.0. The summed E-state index contributed by atoms with van der Waals surface area (Å²) in [6.07, 6.45) is 0. The van der Waals surface area contributed by atoms with E-state index in [1.165, 1.54) is 33.4 Å². The summed E-state index contributed by atoms with van der Waals surface area (Å²) in [7, 11) is 0. The van der Waals surface area contributed by atoms with Crippen molar-refractivity contribution in [1.82, 2.24) is 0 Å². The number of fused-ring (bicyclic) bond motifs is 3. The molecule has 0 aliphatic heterocycles. The second kappa shape index (κ2) is 6.82. The lowest BCUT2D eigenvalue weighted by Crippen LogP contribution is -2.28. The molecule has 2 heteroatoms. The van der Waals surface area contributed by atoms with Gasteiger partial charge in [-0.1, -0.05) is 72.8 Å². The van der Waals surface area contributed by atoms with Crippen LogP contribution < -0.4 is 10.5 Å². The molecule has 0 spiro atoms. The van der Waals surface area contributed by atoms with Gasteiger partial charge in [0.15, 0.2) is 0 Å². The molecule has 0 heterocycles. The number of anilines is 1. The number of hydrogen-bond donors (Lipinski definition) is 1. The predicted molar refractivity (Wildman–Crippen MR) is 119 cm³/mol. The molecule has 2 N–H and O–H groups in total. The Morgan fingerprint density at radius 1 is 0.690 bits per heavy atom. The maximum absolute atomic E-state index is 6.30. The molecule has 0 saturated heterocycles. The lowest BCUT2D eigenvalue weighted by atomic mass is 9.67. The number of nitrogen functional groups attached to an aromatic ring is 1. The van der Waals surface area contributed by atoms with Crippen molar-refractivity contribution in [1.29, 1.82) is 0 Å². The fraction of sp³-hybridized carbons (Fsp3) is 0.111. The van der Waals surface area contributed by atoms with Gasteiger partial charge in [0.2, 0.25) is 0 Å². The molecule has 0 aromatic heterocycles. The van der Waals surface area contributed by atoms with Gasteiger partial charge in [-0.15, -0.1) is 0 Å². The largest absolute Gasteiger partial charge is 0.494 e. The van der Waals surface area contributed by atoms with E-state index in [-0.39, 0.29) is 0 Å². The minimum absolute atomic E-state index is 0.435. The summed E-state index contributed by atoms with van der Waals surface area (Å²) >= 11 is 0. The molecule has 142 valence electrons. The van der Waals surface area contributed by atoms with E-state index < -0.39 is 5.41 Å². The average molecular weight is 377 g/mol. The van der Waals surface area contributed by atoms with Crippen LogP contribution >= 0.6 is 0 Å². The number of benzene rings is 4. The standard InChI is InChI=1S/C27H23NO/c1-2-29-22-14-16-24-23-15-13-21(28)17-25(23)27(26(24)18-22,19-9-5-3-6-10-19)20-11-7-4-8-12-20/h3-18H,2,28H2,1H3. The number of nitrogens with two attached hydrogens (primary N) is 1. The topological polar surface area (TPSA) is 35.2 Å². The summed E-state index contributed by atoms with van der Waals surface area (Å²) in [5.74, 6) is 0.892. The summed E-state index contributed by atoms with van der Waals surface area (Å²) in [5, 5.41) is 0. The molecule has 0 amide bonds. The molecule has 0 radical (unpaired) electrons. The fourth-order valence-electron chi connectivity index (χ4n) is 4.74. The molecule has 2 nitrogen and oxygen atoms in total. The first kappa shape index (κ1) is 17.6. The number of hydrogen-bond acceptors (Lipinski definition) is 2. The summed E-state index contributed by atoms with van der Waals surface area (Å²) in [6.45, 7) is 2.66. The van der Waals surface area contributed by atoms with Crippen molar-refractivity contribution in [2.24, 2.45) is 0 Å². The third-order valence-electron chi connectivity index (χ3n) is 5.86. The Balaban J connectivity index is 1.94. The van der Waals surface area contributed by atoms with E-state index in [9.17, 15) is 0 Å². The highest BCUT2D eigenvalue weighted by Gasteiger charge is 2.46. The van der Waals surface area contributed by atoms with Crippen LogP contribution in [0.3, 0.4) is 0 Å². The van der Waals surface area contributed by atoms with Crippen LogP contribution in [0.2, 0.25) is 0 Å². The quantitative estimate of drug-likeness (QED) is 0.388. The van der Waals surface area contributed by atoms with Crippen molar-refractivity contribution in [3.63, 3.8) is 0 Å². The molecule has 0 atom stereocenters. The minimum atomic E-state index is -0.435. The third-order valence-corrected chi connectivity index (χ3v) is 5.86. The van der Waals surface area contributed by atoms with Gasteiger partial charge in [-0.2, -0.15) is 0 Å². The van der Waals surface area contributed by atoms with Crippen LogP contribution in [-0.4, -0.2) is 6.61 Å². The zero-order chi connectivity index (χ0) is 19.8. The van der Waals surface area contributed by atoms with Gasteiger partial charge in [0.25, 0.3) is 0 Å². The fourth-order valence-corrected chi connectivity index (χ4v) is 4.74. The van der Waals surface area contributed by atoms with Gasteiger partial charge >= 0.3 is 0 Å². The van der Waals surface area contributed by atoms with Crippen molar-refractivity contribution in [2.75, 3.05) is 12.3 Å². The smallest absolute Gasteiger partial charge is 0.119 e. The molecule has 0 saturated carbocycles. The second-order valence-electron chi connectivity index (χ2n) is 7.43. The summed E-state index contributed by atoms with van der Waals surface area (Å²) in [6, 6.07) is 34.1. The van der Waals surface area contributed by atoms with Gasteiger partial charge in [0.05, 0.1) is 12.0 Å². The van der Waals surface area contributed by atoms with Gasteiger partial charge in [-0.3, -0.25) is 0 Å². The van der Waals surface area contributed by atoms with E-state index in [4.69, 9.17) is 10.5 Å². The summed E-state index contributed by atoms with van der Waals surface area (Å²) in [4.78, 5) is 0. The Morgan fingerprint density at radius 3 is 1.83 bits per heavy atom. The first-order valence-electron chi connectivity index (χ1n) is 10.0. The zero-order valence-electron chi connectivity index (χ0n) is 16.4. The van der Waals surface area contributed by atoms with Crippen LogP contribution in [0.15, 0.2) is 97.1 Å². The van der Waals surface area contributed by atoms with Crippen LogP contribution in [0, 0.1) is 0 Å². The molecule has 4 aromatic rings. The van der Waals surface area contributed by atoms with Crippen LogP contribution in [0.4, 0.5) is 5.69 Å². The molecular formula is C27H23NO. The molecule has 4 aromatic carbocycles. The lowest BCUT2D eigenvalue weighted by Gasteiger charge is -2.34. The monoisotopic (exact) mass is 377 g/mol. The molecule has 5 rings (SSSR count).